The van der Waals surface area contributed by atoms with Crippen LogP contribution in [0.2, 0.25) is 10.0 Å². The van der Waals surface area contributed by atoms with E-state index in [-0.39, 0.29) is 18.7 Å². The maximum Gasteiger partial charge on any atom is 0.354 e. The monoisotopic (exact) mass is 384 g/mol. The summed E-state index contributed by atoms with van der Waals surface area (Å²) in [5.41, 5.74) is 3.16. The van der Waals surface area contributed by atoms with E-state index in [1.54, 1.807) is 19.1 Å². The van der Waals surface area contributed by atoms with Gasteiger partial charge in [-0.3, -0.25) is 10.2 Å². The molecule has 1 unspecified atom stereocenters. The maximum atomic E-state index is 13.9. The summed E-state index contributed by atoms with van der Waals surface area (Å²) < 4.78 is 18.8. The summed E-state index contributed by atoms with van der Waals surface area (Å²) in [6, 6.07) is 4.74. The van der Waals surface area contributed by atoms with E-state index in [4.69, 9.17) is 27.9 Å². The van der Waals surface area contributed by atoms with Gasteiger partial charge < -0.3 is 4.74 Å². The van der Waals surface area contributed by atoms with Gasteiger partial charge >= 0.3 is 5.97 Å². The first kappa shape index (κ1) is 19.1. The largest absolute Gasteiger partial charge is 0.461 e. The Balaban J connectivity index is 2.18. The highest BCUT2D eigenvalue weighted by Gasteiger charge is 2.23. The molecule has 0 fully saturated rings. The predicted octanol–water partition coefficient (Wildman–Crippen LogP) is 4.32. The molecule has 1 atom stereocenters. The zero-order valence-electron chi connectivity index (χ0n) is 13.3. The van der Waals surface area contributed by atoms with E-state index in [2.05, 4.69) is 10.5 Å². The number of ketones is 1. The zero-order valence-corrected chi connectivity index (χ0v) is 14.8. The van der Waals surface area contributed by atoms with Crippen molar-refractivity contribution in [2.75, 3.05) is 12.0 Å². The Kier molecular flexibility index (Phi) is 6.73. The number of rotatable bonds is 6. The van der Waals surface area contributed by atoms with Gasteiger partial charge in [-0.25, -0.2) is 9.18 Å². The van der Waals surface area contributed by atoms with Crippen LogP contribution in [0.25, 0.3) is 0 Å². The van der Waals surface area contributed by atoms with Gasteiger partial charge in [0, 0.05) is 18.4 Å². The van der Waals surface area contributed by atoms with Crippen molar-refractivity contribution in [1.82, 2.24) is 0 Å². The summed E-state index contributed by atoms with van der Waals surface area (Å²) in [5.74, 6) is -2.49. The van der Waals surface area contributed by atoms with Gasteiger partial charge in [-0.1, -0.05) is 29.3 Å². The van der Waals surface area contributed by atoms with Crippen molar-refractivity contribution in [3.05, 3.63) is 52.3 Å². The zero-order chi connectivity index (χ0) is 18.4. The number of carbonyl (C=O) groups is 2. The van der Waals surface area contributed by atoms with E-state index in [9.17, 15) is 14.0 Å². The van der Waals surface area contributed by atoms with E-state index >= 15 is 0 Å². The second-order valence-electron chi connectivity index (χ2n) is 5.12. The van der Waals surface area contributed by atoms with Crippen molar-refractivity contribution in [2.45, 2.75) is 13.3 Å². The minimum absolute atomic E-state index is 0.0135. The number of anilines is 1. The van der Waals surface area contributed by atoms with E-state index in [0.29, 0.717) is 15.7 Å². The number of hydrazone groups is 1. The molecule has 2 rings (SSSR count). The molecule has 0 saturated heterocycles. The van der Waals surface area contributed by atoms with Crippen LogP contribution in [0.15, 0.2) is 47.4 Å². The number of hydrogen-bond acceptors (Lipinski definition) is 5. The van der Waals surface area contributed by atoms with E-state index in [1.165, 1.54) is 18.2 Å². The Morgan fingerprint density at radius 1 is 1.36 bits per heavy atom. The number of hydrogen-bond donors (Lipinski definition) is 1. The summed E-state index contributed by atoms with van der Waals surface area (Å²) in [6.45, 7) is 1.81. The molecule has 0 spiro atoms. The molecular formula is C17H15Cl2FN2O3. The Morgan fingerprint density at radius 3 is 2.76 bits per heavy atom. The van der Waals surface area contributed by atoms with Gasteiger partial charge in [-0.15, -0.1) is 0 Å². The average Bonchev–Trinajstić information content (AvgIpc) is 2.56. The standard InChI is InChI=1S/C17H15Cl2FN2O3/c1-2-25-17(24)16(7-10-3-5-12(23)9-15(10)20)22-21-11-4-6-13(18)14(19)8-11/h3-6,8-10,21H,2,7H2,1H3/b22-16-. The lowest BCUT2D eigenvalue weighted by Crippen LogP contribution is -2.23. The smallest absolute Gasteiger partial charge is 0.354 e. The fourth-order valence-electron chi connectivity index (χ4n) is 2.05. The van der Waals surface area contributed by atoms with Gasteiger partial charge in [0.1, 0.15) is 11.5 Å². The van der Waals surface area contributed by atoms with E-state index in [0.717, 1.165) is 6.08 Å². The summed E-state index contributed by atoms with van der Waals surface area (Å²) in [5, 5.41) is 4.71. The molecule has 0 aromatic heterocycles. The first-order valence-corrected chi connectivity index (χ1v) is 8.20. The fraction of sp³-hybridized carbons (Fsp3) is 0.235. The van der Waals surface area contributed by atoms with Crippen molar-refractivity contribution in [1.29, 1.82) is 0 Å². The Hall–Kier alpha value is -2.18. The van der Waals surface area contributed by atoms with Crippen LogP contribution in [0.5, 0.6) is 0 Å². The minimum atomic E-state index is -0.753. The van der Waals surface area contributed by atoms with Crippen LogP contribution >= 0.6 is 23.2 Å². The lowest BCUT2D eigenvalue weighted by molar-refractivity contribution is -0.135. The highest BCUT2D eigenvalue weighted by Crippen LogP contribution is 2.26. The Morgan fingerprint density at radius 2 is 2.12 bits per heavy atom. The number of allylic oxidation sites excluding steroid dienone is 4. The molecule has 1 aromatic carbocycles. The summed E-state index contributed by atoms with van der Waals surface area (Å²) in [6.07, 6.45) is 3.48. The molecule has 25 heavy (non-hydrogen) atoms. The molecule has 1 aromatic rings. The summed E-state index contributed by atoms with van der Waals surface area (Å²) >= 11 is 11.8. The molecule has 5 nitrogen and oxygen atoms in total. The molecule has 0 heterocycles. The number of carbonyl (C=O) groups excluding carboxylic acids is 2. The quantitative estimate of drug-likeness (QED) is 0.450. The van der Waals surface area contributed by atoms with Gasteiger partial charge in [0.25, 0.3) is 0 Å². The molecule has 1 aliphatic carbocycles. The molecule has 0 bridgehead atoms. The second kappa shape index (κ2) is 8.78. The Labute approximate surface area is 154 Å². The molecule has 8 heteroatoms. The van der Waals surface area contributed by atoms with Crippen molar-refractivity contribution >= 4 is 46.4 Å². The van der Waals surface area contributed by atoms with Crippen molar-refractivity contribution < 1.29 is 18.7 Å². The lowest BCUT2D eigenvalue weighted by atomic mass is 9.95. The molecule has 0 aliphatic heterocycles. The van der Waals surface area contributed by atoms with Gasteiger partial charge in [-0.2, -0.15) is 5.10 Å². The number of halogens is 3. The highest BCUT2D eigenvalue weighted by molar-refractivity contribution is 6.42. The van der Waals surface area contributed by atoms with E-state index in [1.807, 2.05) is 0 Å². The third-order valence-electron chi connectivity index (χ3n) is 3.29. The highest BCUT2D eigenvalue weighted by atomic mass is 35.5. The molecular weight excluding hydrogens is 370 g/mol. The molecule has 1 aliphatic rings. The number of nitrogens with zero attached hydrogens (tertiary/aromatic N) is 1. The SMILES string of the molecule is CCOC(=O)/C(CC1C=CC(=O)C=C1F)=N\Nc1ccc(Cl)c(Cl)c1. The van der Waals surface area contributed by atoms with Gasteiger partial charge in [0.15, 0.2) is 5.78 Å². The van der Waals surface area contributed by atoms with Crippen LogP contribution in [0, 0.1) is 5.92 Å². The topological polar surface area (TPSA) is 67.8 Å². The van der Waals surface area contributed by atoms with Crippen LogP contribution in [0.1, 0.15) is 13.3 Å². The van der Waals surface area contributed by atoms with Crippen molar-refractivity contribution in [3.63, 3.8) is 0 Å². The first-order chi connectivity index (χ1) is 11.9. The summed E-state index contributed by atoms with van der Waals surface area (Å²) in [4.78, 5) is 23.2. The number of nitrogens with one attached hydrogen (secondary N) is 1. The first-order valence-electron chi connectivity index (χ1n) is 7.44. The van der Waals surface area contributed by atoms with Gasteiger partial charge in [-0.05, 0) is 31.2 Å². The second-order valence-corrected chi connectivity index (χ2v) is 5.94. The molecule has 0 amide bonds. The van der Waals surface area contributed by atoms with Crippen LogP contribution in [0.3, 0.4) is 0 Å². The van der Waals surface area contributed by atoms with Crippen molar-refractivity contribution in [2.24, 2.45) is 11.0 Å². The molecule has 1 N–H and O–H groups in total. The average molecular weight is 385 g/mol. The van der Waals surface area contributed by atoms with Crippen LogP contribution < -0.4 is 5.43 Å². The maximum absolute atomic E-state index is 13.9. The van der Waals surface area contributed by atoms with Crippen LogP contribution in [-0.4, -0.2) is 24.1 Å². The van der Waals surface area contributed by atoms with Gasteiger partial charge in [0.2, 0.25) is 0 Å². The third-order valence-corrected chi connectivity index (χ3v) is 4.03. The lowest BCUT2D eigenvalue weighted by Gasteiger charge is -2.14. The van der Waals surface area contributed by atoms with Crippen molar-refractivity contribution in [3.8, 4) is 0 Å². The molecule has 132 valence electrons. The number of esters is 1. The predicted molar refractivity (Wildman–Crippen MR) is 95.6 cm³/mol. The third kappa shape index (κ3) is 5.41. The normalized spacial score (nSPS) is 17.3. The van der Waals surface area contributed by atoms with Crippen LogP contribution in [-0.2, 0) is 14.3 Å². The fourth-order valence-corrected chi connectivity index (χ4v) is 2.35. The Bertz CT molecular complexity index is 775. The number of ether oxygens (including phenoxy) is 1. The van der Waals surface area contributed by atoms with Crippen LogP contribution in [0.4, 0.5) is 10.1 Å². The van der Waals surface area contributed by atoms with Gasteiger partial charge in [0.05, 0.1) is 22.3 Å². The molecule has 0 saturated carbocycles. The minimum Gasteiger partial charge on any atom is -0.461 e. The molecule has 0 radical (unpaired) electrons. The number of benzene rings is 1. The van der Waals surface area contributed by atoms with E-state index < -0.39 is 23.5 Å². The summed E-state index contributed by atoms with van der Waals surface area (Å²) in [7, 11) is 0.